The highest BCUT2D eigenvalue weighted by molar-refractivity contribution is 9.09. The van der Waals surface area contributed by atoms with Gasteiger partial charge in [0.2, 0.25) is 0 Å². The van der Waals surface area contributed by atoms with E-state index in [-0.39, 0.29) is 5.82 Å². The Bertz CT molecular complexity index is 320. The van der Waals surface area contributed by atoms with E-state index in [2.05, 4.69) is 29.8 Å². The predicted octanol–water partition coefficient (Wildman–Crippen LogP) is 5.01. The van der Waals surface area contributed by atoms with Crippen molar-refractivity contribution in [1.29, 1.82) is 0 Å². The van der Waals surface area contributed by atoms with Gasteiger partial charge < -0.3 is 0 Å². The van der Waals surface area contributed by atoms with Crippen LogP contribution in [0.4, 0.5) is 4.39 Å². The Hall–Kier alpha value is -0.370. The van der Waals surface area contributed by atoms with Crippen molar-refractivity contribution in [2.24, 2.45) is 5.92 Å². The molecule has 84 valence electrons. The third kappa shape index (κ3) is 3.94. The molecule has 0 aliphatic carbocycles. The van der Waals surface area contributed by atoms with Gasteiger partial charge >= 0.3 is 0 Å². The summed E-state index contributed by atoms with van der Waals surface area (Å²) in [6.45, 7) is 6.24. The maximum Gasteiger partial charge on any atom is 0.126 e. The van der Waals surface area contributed by atoms with Crippen molar-refractivity contribution in [3.8, 4) is 0 Å². The number of rotatable bonds is 4. The van der Waals surface area contributed by atoms with Gasteiger partial charge in [-0.2, -0.15) is 0 Å². The second-order valence-corrected chi connectivity index (χ2v) is 5.55. The quantitative estimate of drug-likeness (QED) is 0.677. The summed E-state index contributed by atoms with van der Waals surface area (Å²) in [5, 5.41) is 0. The Kier molecular flexibility index (Phi) is 4.78. The van der Waals surface area contributed by atoms with Gasteiger partial charge in [0.15, 0.2) is 0 Å². The fraction of sp³-hybridized carbons (Fsp3) is 0.538. The summed E-state index contributed by atoms with van der Waals surface area (Å²) in [6.07, 6.45) is 2.29. The minimum Gasteiger partial charge on any atom is -0.207 e. The molecule has 0 bridgehead atoms. The molecule has 0 fully saturated rings. The van der Waals surface area contributed by atoms with E-state index in [1.165, 1.54) is 12.0 Å². The van der Waals surface area contributed by atoms with Crippen LogP contribution in [-0.4, -0.2) is 0 Å². The van der Waals surface area contributed by atoms with Gasteiger partial charge in [-0.25, -0.2) is 4.39 Å². The lowest BCUT2D eigenvalue weighted by Crippen LogP contribution is -1.95. The van der Waals surface area contributed by atoms with Gasteiger partial charge in [0.05, 0.1) is 0 Å². The average molecular weight is 273 g/mol. The molecule has 1 rings (SSSR count). The average Bonchev–Trinajstić information content (AvgIpc) is 2.18. The molecule has 0 aromatic heterocycles. The Balaban J connectivity index is 2.65. The molecular weight excluding hydrogens is 255 g/mol. The zero-order chi connectivity index (χ0) is 11.4. The van der Waals surface area contributed by atoms with Crippen LogP contribution in [0.2, 0.25) is 0 Å². The maximum atomic E-state index is 13.1. The van der Waals surface area contributed by atoms with Crippen molar-refractivity contribution < 1.29 is 4.39 Å². The molecule has 1 atom stereocenters. The highest BCUT2D eigenvalue weighted by Gasteiger charge is 2.09. The lowest BCUT2D eigenvalue weighted by Gasteiger charge is -2.12. The summed E-state index contributed by atoms with van der Waals surface area (Å²) in [4.78, 5) is 0.346. The van der Waals surface area contributed by atoms with Crippen LogP contribution in [0.5, 0.6) is 0 Å². The second kappa shape index (κ2) is 5.64. The molecule has 1 unspecified atom stereocenters. The first-order valence-electron chi connectivity index (χ1n) is 5.41. The highest BCUT2D eigenvalue weighted by atomic mass is 79.9. The lowest BCUT2D eigenvalue weighted by atomic mass is 10.0. The molecule has 0 aliphatic heterocycles. The third-order valence-corrected chi connectivity index (χ3v) is 3.53. The summed E-state index contributed by atoms with van der Waals surface area (Å²) >= 11 is 3.65. The molecule has 0 amide bonds. The van der Waals surface area contributed by atoms with Crippen LogP contribution < -0.4 is 0 Å². The number of benzene rings is 1. The van der Waals surface area contributed by atoms with E-state index in [9.17, 15) is 4.39 Å². The standard InChI is InChI=1S/C13H18BrF/c1-9(2)4-6-12(14)11-5-7-13(15)10(3)8-11/h5,7-9,12H,4,6H2,1-3H3. The Labute approximate surface area is 100 Å². The van der Waals surface area contributed by atoms with Crippen molar-refractivity contribution in [3.63, 3.8) is 0 Å². The number of aryl methyl sites for hydroxylation is 1. The fourth-order valence-electron chi connectivity index (χ4n) is 1.51. The summed E-state index contributed by atoms with van der Waals surface area (Å²) in [5.74, 6) is 0.592. The van der Waals surface area contributed by atoms with E-state index in [1.54, 1.807) is 13.0 Å². The number of halogens is 2. The Morgan fingerprint density at radius 1 is 1.27 bits per heavy atom. The monoisotopic (exact) mass is 272 g/mol. The van der Waals surface area contributed by atoms with E-state index >= 15 is 0 Å². The van der Waals surface area contributed by atoms with Crippen LogP contribution in [0.3, 0.4) is 0 Å². The van der Waals surface area contributed by atoms with Crippen LogP contribution in [0.25, 0.3) is 0 Å². The van der Waals surface area contributed by atoms with Crippen LogP contribution >= 0.6 is 15.9 Å². The summed E-state index contributed by atoms with van der Waals surface area (Å²) < 4.78 is 13.1. The fourth-order valence-corrected chi connectivity index (χ4v) is 2.06. The summed E-state index contributed by atoms with van der Waals surface area (Å²) in [6, 6.07) is 5.34. The molecule has 0 aliphatic rings. The van der Waals surface area contributed by atoms with Crippen molar-refractivity contribution >= 4 is 15.9 Å². The van der Waals surface area contributed by atoms with Crippen molar-refractivity contribution in [3.05, 3.63) is 35.1 Å². The van der Waals surface area contributed by atoms with E-state index in [4.69, 9.17) is 0 Å². The Morgan fingerprint density at radius 3 is 2.47 bits per heavy atom. The van der Waals surface area contributed by atoms with Crippen LogP contribution in [-0.2, 0) is 0 Å². The smallest absolute Gasteiger partial charge is 0.126 e. The molecule has 0 N–H and O–H groups in total. The second-order valence-electron chi connectivity index (χ2n) is 4.45. The van der Waals surface area contributed by atoms with Crippen molar-refractivity contribution in [2.45, 2.75) is 38.4 Å². The van der Waals surface area contributed by atoms with Gasteiger partial charge in [-0.15, -0.1) is 0 Å². The molecule has 1 aromatic rings. The predicted molar refractivity (Wildman–Crippen MR) is 66.9 cm³/mol. The van der Waals surface area contributed by atoms with Gasteiger partial charge in [0.25, 0.3) is 0 Å². The molecule has 1 aromatic carbocycles. The normalized spacial score (nSPS) is 13.2. The van der Waals surface area contributed by atoms with E-state index in [0.717, 1.165) is 12.0 Å². The van der Waals surface area contributed by atoms with Gasteiger partial charge in [-0.05, 0) is 42.9 Å². The van der Waals surface area contributed by atoms with Gasteiger partial charge in [-0.1, -0.05) is 41.9 Å². The molecule has 0 saturated heterocycles. The number of alkyl halides is 1. The lowest BCUT2D eigenvalue weighted by molar-refractivity contribution is 0.553. The highest BCUT2D eigenvalue weighted by Crippen LogP contribution is 2.30. The molecule has 0 spiro atoms. The maximum absolute atomic E-state index is 13.1. The van der Waals surface area contributed by atoms with Crippen molar-refractivity contribution in [2.75, 3.05) is 0 Å². The third-order valence-electron chi connectivity index (χ3n) is 2.54. The molecular formula is C13H18BrF. The van der Waals surface area contributed by atoms with Gasteiger partial charge in [-0.3, -0.25) is 0 Å². The number of hydrogen-bond acceptors (Lipinski definition) is 0. The molecule has 0 radical (unpaired) electrons. The van der Waals surface area contributed by atoms with Crippen molar-refractivity contribution in [1.82, 2.24) is 0 Å². The molecule has 0 nitrogen and oxygen atoms in total. The largest absolute Gasteiger partial charge is 0.207 e. The first-order valence-corrected chi connectivity index (χ1v) is 6.32. The molecule has 0 saturated carbocycles. The zero-order valence-corrected chi connectivity index (χ0v) is 11.1. The minimum atomic E-state index is -0.123. The van der Waals surface area contributed by atoms with E-state index in [1.807, 2.05) is 12.1 Å². The molecule has 0 heterocycles. The summed E-state index contributed by atoms with van der Waals surface area (Å²) in [5.41, 5.74) is 1.90. The zero-order valence-electron chi connectivity index (χ0n) is 9.56. The first kappa shape index (κ1) is 12.7. The van der Waals surface area contributed by atoms with Gasteiger partial charge in [0, 0.05) is 4.83 Å². The van der Waals surface area contributed by atoms with Gasteiger partial charge in [0.1, 0.15) is 5.82 Å². The summed E-state index contributed by atoms with van der Waals surface area (Å²) in [7, 11) is 0. The van der Waals surface area contributed by atoms with Crippen LogP contribution in [0.15, 0.2) is 18.2 Å². The Morgan fingerprint density at radius 2 is 1.93 bits per heavy atom. The van der Waals surface area contributed by atoms with E-state index < -0.39 is 0 Å². The molecule has 15 heavy (non-hydrogen) atoms. The van der Waals surface area contributed by atoms with Crippen LogP contribution in [0.1, 0.15) is 42.6 Å². The first-order chi connectivity index (χ1) is 7.00. The minimum absolute atomic E-state index is 0.123. The number of hydrogen-bond donors (Lipinski definition) is 0. The topological polar surface area (TPSA) is 0 Å². The van der Waals surface area contributed by atoms with Crippen LogP contribution in [0, 0.1) is 18.7 Å². The molecule has 2 heteroatoms. The SMILES string of the molecule is Cc1cc(C(Br)CCC(C)C)ccc1F. The van der Waals surface area contributed by atoms with E-state index in [0.29, 0.717) is 10.7 Å².